The Morgan fingerprint density at radius 1 is 1.22 bits per heavy atom. The molecule has 4 nitrogen and oxygen atoms in total. The van der Waals surface area contributed by atoms with E-state index in [0.29, 0.717) is 17.9 Å². The fourth-order valence-electron chi connectivity index (χ4n) is 3.38. The van der Waals surface area contributed by atoms with Crippen LogP contribution < -0.4 is 11.1 Å². The molecule has 2 aliphatic rings. The van der Waals surface area contributed by atoms with Gasteiger partial charge in [0, 0.05) is 12.1 Å². The Kier molecular flexibility index (Phi) is 3.85. The molecule has 2 saturated carbocycles. The van der Waals surface area contributed by atoms with E-state index in [1.54, 1.807) is 0 Å². The minimum atomic E-state index is -0.426. The second-order valence-corrected chi connectivity index (χ2v) is 6.84. The van der Waals surface area contributed by atoms with Crippen LogP contribution >= 0.6 is 0 Å². The van der Waals surface area contributed by atoms with Gasteiger partial charge in [0.15, 0.2) is 0 Å². The van der Waals surface area contributed by atoms with Gasteiger partial charge in [0.25, 0.3) is 0 Å². The first-order chi connectivity index (χ1) is 8.35. The summed E-state index contributed by atoms with van der Waals surface area (Å²) in [5.41, 5.74) is 5.81. The third-order valence-electron chi connectivity index (χ3n) is 4.13. The molecule has 0 aromatic heterocycles. The van der Waals surface area contributed by atoms with E-state index in [4.69, 9.17) is 10.5 Å². The van der Waals surface area contributed by atoms with Crippen LogP contribution in [0.4, 0.5) is 4.79 Å². The van der Waals surface area contributed by atoms with Crippen LogP contribution in [0.25, 0.3) is 0 Å². The number of alkyl carbamates (subject to hydrolysis) is 1. The normalized spacial score (nSPS) is 36.0. The quantitative estimate of drug-likeness (QED) is 0.755. The molecule has 2 rings (SSSR count). The fourth-order valence-corrected chi connectivity index (χ4v) is 3.38. The highest BCUT2D eigenvalue weighted by molar-refractivity contribution is 5.68. The maximum atomic E-state index is 11.8. The third-order valence-corrected chi connectivity index (χ3v) is 4.13. The van der Waals surface area contributed by atoms with Crippen molar-refractivity contribution in [3.05, 3.63) is 0 Å². The Bertz CT molecular complexity index is 297. The summed E-state index contributed by atoms with van der Waals surface area (Å²) in [7, 11) is 0. The van der Waals surface area contributed by atoms with E-state index >= 15 is 0 Å². The lowest BCUT2D eigenvalue weighted by molar-refractivity contribution is 0.0436. The highest BCUT2D eigenvalue weighted by atomic mass is 16.6. The molecular weight excluding hydrogens is 228 g/mol. The fraction of sp³-hybridized carbons (Fsp3) is 0.929. The van der Waals surface area contributed by atoms with Crippen LogP contribution in [0.1, 0.15) is 52.9 Å². The summed E-state index contributed by atoms with van der Waals surface area (Å²) >= 11 is 0. The van der Waals surface area contributed by atoms with E-state index in [-0.39, 0.29) is 12.1 Å². The number of hydrogen-bond acceptors (Lipinski definition) is 3. The summed E-state index contributed by atoms with van der Waals surface area (Å²) in [6, 6.07) is 0.588. The van der Waals surface area contributed by atoms with Gasteiger partial charge in [-0.15, -0.1) is 0 Å². The van der Waals surface area contributed by atoms with E-state index in [0.717, 1.165) is 12.8 Å². The number of carbonyl (C=O) groups excluding carboxylic acids is 1. The van der Waals surface area contributed by atoms with Gasteiger partial charge in [-0.2, -0.15) is 0 Å². The van der Waals surface area contributed by atoms with E-state index in [1.165, 1.54) is 19.3 Å². The van der Waals surface area contributed by atoms with Crippen LogP contribution in [0, 0.1) is 11.8 Å². The zero-order valence-corrected chi connectivity index (χ0v) is 11.7. The number of amides is 1. The van der Waals surface area contributed by atoms with Gasteiger partial charge in [0.05, 0.1) is 0 Å². The number of ether oxygens (including phenoxy) is 1. The lowest BCUT2D eigenvalue weighted by Gasteiger charge is -2.44. The van der Waals surface area contributed by atoms with Crippen LogP contribution in [0.2, 0.25) is 0 Å². The Morgan fingerprint density at radius 3 is 2.28 bits per heavy atom. The number of fused-ring (bicyclic) bond motifs is 2. The van der Waals surface area contributed by atoms with Gasteiger partial charge in [-0.3, -0.25) is 0 Å². The molecule has 0 saturated heterocycles. The average Bonchev–Trinajstić information content (AvgIpc) is 2.16. The smallest absolute Gasteiger partial charge is 0.407 e. The standard InChI is InChI=1S/C14H26N2O2/c1-14(2,3)18-13(17)16-11-7-9-5-4-6-10(8-11)12(9)15/h9-12H,4-8,15H2,1-3H3,(H,16,17). The number of nitrogens with two attached hydrogens (primary N) is 1. The monoisotopic (exact) mass is 254 g/mol. The van der Waals surface area contributed by atoms with Gasteiger partial charge >= 0.3 is 6.09 Å². The summed E-state index contributed by atoms with van der Waals surface area (Å²) in [4.78, 5) is 11.8. The lowest BCUT2D eigenvalue weighted by atomic mass is 9.67. The molecule has 0 aliphatic heterocycles. The Balaban J connectivity index is 1.86. The summed E-state index contributed by atoms with van der Waals surface area (Å²) in [6.07, 6.45) is 5.45. The van der Waals surface area contributed by atoms with Crippen molar-refractivity contribution in [2.45, 2.75) is 70.6 Å². The van der Waals surface area contributed by atoms with Crippen LogP contribution in [-0.2, 0) is 4.74 Å². The molecule has 18 heavy (non-hydrogen) atoms. The number of carbonyl (C=O) groups is 1. The number of rotatable bonds is 1. The summed E-state index contributed by atoms with van der Waals surface area (Å²) in [5, 5.41) is 3.01. The van der Waals surface area contributed by atoms with Gasteiger partial charge < -0.3 is 15.8 Å². The molecular formula is C14H26N2O2. The number of hydrogen-bond donors (Lipinski definition) is 2. The van der Waals surface area contributed by atoms with Crippen LogP contribution in [-0.4, -0.2) is 23.8 Å². The molecule has 0 aromatic rings. The van der Waals surface area contributed by atoms with Crippen LogP contribution in [0.15, 0.2) is 0 Å². The Morgan fingerprint density at radius 2 is 1.78 bits per heavy atom. The summed E-state index contributed by atoms with van der Waals surface area (Å²) < 4.78 is 5.31. The maximum absolute atomic E-state index is 11.8. The third kappa shape index (κ3) is 3.37. The van der Waals surface area contributed by atoms with Crippen LogP contribution in [0.3, 0.4) is 0 Å². The molecule has 0 spiro atoms. The maximum Gasteiger partial charge on any atom is 0.407 e. The van der Waals surface area contributed by atoms with Gasteiger partial charge in [-0.1, -0.05) is 6.42 Å². The first-order valence-electron chi connectivity index (χ1n) is 7.10. The lowest BCUT2D eigenvalue weighted by Crippen LogP contribution is -2.52. The van der Waals surface area contributed by atoms with E-state index in [9.17, 15) is 4.79 Å². The van der Waals surface area contributed by atoms with Crippen molar-refractivity contribution in [1.82, 2.24) is 5.32 Å². The Labute approximate surface area is 110 Å². The highest BCUT2D eigenvalue weighted by Gasteiger charge is 2.38. The topological polar surface area (TPSA) is 64.3 Å². The molecule has 3 N–H and O–H groups in total. The van der Waals surface area contributed by atoms with Gasteiger partial charge in [-0.25, -0.2) is 4.79 Å². The van der Waals surface area contributed by atoms with Crippen molar-refractivity contribution < 1.29 is 9.53 Å². The van der Waals surface area contributed by atoms with E-state index in [2.05, 4.69) is 5.32 Å². The number of nitrogens with one attached hydrogen (secondary N) is 1. The van der Waals surface area contributed by atoms with Gasteiger partial charge in [0.2, 0.25) is 0 Å². The molecule has 2 atom stereocenters. The molecule has 2 bridgehead atoms. The van der Waals surface area contributed by atoms with Crippen molar-refractivity contribution >= 4 is 6.09 Å². The predicted octanol–water partition coefficient (Wildman–Crippen LogP) is 2.42. The molecule has 0 heterocycles. The second-order valence-electron chi connectivity index (χ2n) is 6.84. The Hall–Kier alpha value is -0.770. The molecule has 2 unspecified atom stereocenters. The SMILES string of the molecule is CC(C)(C)OC(=O)NC1CC2CCCC(C1)C2N. The molecule has 2 fully saturated rings. The van der Waals surface area contributed by atoms with Gasteiger partial charge in [0.1, 0.15) is 5.60 Å². The summed E-state index contributed by atoms with van der Waals surface area (Å²) in [6.45, 7) is 5.66. The summed E-state index contributed by atoms with van der Waals surface area (Å²) in [5.74, 6) is 1.16. The first kappa shape index (κ1) is 13.7. The largest absolute Gasteiger partial charge is 0.444 e. The molecule has 0 radical (unpaired) electrons. The van der Waals surface area contributed by atoms with E-state index in [1.807, 2.05) is 20.8 Å². The predicted molar refractivity (Wildman–Crippen MR) is 71.2 cm³/mol. The highest BCUT2D eigenvalue weighted by Crippen LogP contribution is 2.39. The van der Waals surface area contributed by atoms with Gasteiger partial charge in [-0.05, 0) is 58.3 Å². The van der Waals surface area contributed by atoms with Crippen molar-refractivity contribution in [2.24, 2.45) is 17.6 Å². The molecule has 1 amide bonds. The zero-order valence-electron chi connectivity index (χ0n) is 11.7. The van der Waals surface area contributed by atoms with Crippen molar-refractivity contribution in [1.29, 1.82) is 0 Å². The van der Waals surface area contributed by atoms with E-state index < -0.39 is 5.60 Å². The van der Waals surface area contributed by atoms with Crippen LogP contribution in [0.5, 0.6) is 0 Å². The van der Waals surface area contributed by atoms with Crippen molar-refractivity contribution in [2.75, 3.05) is 0 Å². The average molecular weight is 254 g/mol. The molecule has 2 aliphatic carbocycles. The minimum absolute atomic E-state index is 0.245. The van der Waals surface area contributed by atoms with Crippen molar-refractivity contribution in [3.63, 3.8) is 0 Å². The zero-order chi connectivity index (χ0) is 13.3. The molecule has 4 heteroatoms. The minimum Gasteiger partial charge on any atom is -0.444 e. The molecule has 104 valence electrons. The van der Waals surface area contributed by atoms with Crippen molar-refractivity contribution in [3.8, 4) is 0 Å². The second kappa shape index (κ2) is 5.08. The molecule has 0 aromatic carbocycles. The first-order valence-corrected chi connectivity index (χ1v) is 7.10.